The highest BCUT2D eigenvalue weighted by molar-refractivity contribution is 7.22. The van der Waals surface area contributed by atoms with Crippen LogP contribution in [-0.2, 0) is 0 Å². The van der Waals surface area contributed by atoms with Crippen LogP contribution in [0.2, 0.25) is 0 Å². The molecule has 0 fully saturated rings. The molecule has 3 rings (SSSR count). The van der Waals surface area contributed by atoms with Crippen molar-refractivity contribution in [2.24, 2.45) is 5.10 Å². The maximum atomic E-state index is 10.7. The molecule has 0 radical (unpaired) electrons. The molecule has 0 saturated carbocycles. The monoisotopic (exact) mass is 314 g/mol. The van der Waals surface area contributed by atoms with Crippen LogP contribution in [0, 0.1) is 10.1 Å². The maximum absolute atomic E-state index is 10.7. The van der Waals surface area contributed by atoms with Gasteiger partial charge in [-0.25, -0.2) is 4.98 Å². The summed E-state index contributed by atoms with van der Waals surface area (Å²) in [4.78, 5) is 14.4. The molecule has 2 aromatic carbocycles. The van der Waals surface area contributed by atoms with Crippen molar-refractivity contribution in [1.29, 1.82) is 0 Å². The number of nitrogens with zero attached hydrogens (tertiary/aromatic N) is 3. The van der Waals surface area contributed by atoms with Gasteiger partial charge in [-0.1, -0.05) is 23.5 Å². The second kappa shape index (κ2) is 5.78. The zero-order valence-corrected chi connectivity index (χ0v) is 11.9. The standard InChI is InChI=1S/C14H10N4O3S/c19-12-6-5-9(7-11(12)18(20)21)8-15-17-14-16-10-3-1-2-4-13(10)22-14/h1-8,19H,(H,16,17)/b15-8+. The Bertz CT molecular complexity index is 842. The molecule has 1 aromatic heterocycles. The summed E-state index contributed by atoms with van der Waals surface area (Å²) in [6, 6.07) is 11.8. The van der Waals surface area contributed by atoms with Gasteiger partial charge in [-0.2, -0.15) is 5.10 Å². The lowest BCUT2D eigenvalue weighted by Crippen LogP contribution is -1.93. The van der Waals surface area contributed by atoms with Crippen LogP contribution in [0.25, 0.3) is 10.2 Å². The van der Waals surface area contributed by atoms with Gasteiger partial charge >= 0.3 is 5.69 Å². The van der Waals surface area contributed by atoms with Crippen molar-refractivity contribution in [2.45, 2.75) is 0 Å². The van der Waals surface area contributed by atoms with Crippen molar-refractivity contribution in [2.75, 3.05) is 5.43 Å². The Balaban J connectivity index is 1.77. The first-order valence-electron chi connectivity index (χ1n) is 6.25. The molecule has 2 N–H and O–H groups in total. The van der Waals surface area contributed by atoms with Crippen LogP contribution in [-0.4, -0.2) is 21.2 Å². The van der Waals surface area contributed by atoms with Crippen LogP contribution in [0.4, 0.5) is 10.8 Å². The lowest BCUT2D eigenvalue weighted by Gasteiger charge is -1.97. The van der Waals surface area contributed by atoms with Gasteiger partial charge < -0.3 is 5.11 Å². The molecular formula is C14H10N4O3S. The van der Waals surface area contributed by atoms with Gasteiger partial charge in [-0.3, -0.25) is 15.5 Å². The number of nitro groups is 1. The number of anilines is 1. The van der Waals surface area contributed by atoms with E-state index in [2.05, 4.69) is 15.5 Å². The number of benzene rings is 2. The van der Waals surface area contributed by atoms with Crippen LogP contribution in [0.5, 0.6) is 5.75 Å². The Hall–Kier alpha value is -3.00. The van der Waals surface area contributed by atoms with Crippen molar-refractivity contribution in [3.8, 4) is 5.75 Å². The summed E-state index contributed by atoms with van der Waals surface area (Å²) < 4.78 is 1.04. The van der Waals surface area contributed by atoms with E-state index in [1.54, 1.807) is 0 Å². The maximum Gasteiger partial charge on any atom is 0.311 e. The summed E-state index contributed by atoms with van der Waals surface area (Å²) in [6.07, 6.45) is 1.43. The largest absolute Gasteiger partial charge is 0.502 e. The van der Waals surface area contributed by atoms with Crippen LogP contribution in [0.1, 0.15) is 5.56 Å². The first-order chi connectivity index (χ1) is 10.6. The third kappa shape index (κ3) is 2.86. The predicted molar refractivity (Wildman–Crippen MR) is 85.6 cm³/mol. The number of thiazole rings is 1. The van der Waals surface area contributed by atoms with Gasteiger partial charge in [-0.05, 0) is 24.3 Å². The molecule has 0 atom stereocenters. The fraction of sp³-hybridized carbons (Fsp3) is 0. The molecule has 1 heterocycles. The number of phenolic OH excluding ortho intramolecular Hbond substituents is 1. The van der Waals surface area contributed by atoms with Crippen LogP contribution >= 0.6 is 11.3 Å². The molecule has 3 aromatic rings. The zero-order valence-electron chi connectivity index (χ0n) is 11.1. The molecule has 0 spiro atoms. The average molecular weight is 314 g/mol. The SMILES string of the molecule is O=[N+]([O-])c1cc(/C=N/Nc2nc3ccccc3s2)ccc1O. The number of fused-ring (bicyclic) bond motifs is 1. The molecule has 7 nitrogen and oxygen atoms in total. The van der Waals surface area contributed by atoms with Crippen molar-refractivity contribution in [3.05, 3.63) is 58.1 Å². The summed E-state index contributed by atoms with van der Waals surface area (Å²) in [5.41, 5.74) is 3.81. The van der Waals surface area contributed by atoms with Gasteiger partial charge in [0.1, 0.15) is 0 Å². The topological polar surface area (TPSA) is 101 Å². The molecule has 110 valence electrons. The Labute approximate surface area is 128 Å². The minimum Gasteiger partial charge on any atom is -0.502 e. The number of rotatable bonds is 4. The van der Waals surface area contributed by atoms with Gasteiger partial charge in [0.2, 0.25) is 5.13 Å². The molecule has 22 heavy (non-hydrogen) atoms. The number of aromatic nitrogens is 1. The number of nitrogens with one attached hydrogen (secondary N) is 1. The van der Waals surface area contributed by atoms with Gasteiger partial charge in [-0.15, -0.1) is 0 Å². The number of aromatic hydroxyl groups is 1. The highest BCUT2D eigenvalue weighted by Gasteiger charge is 2.12. The van der Waals surface area contributed by atoms with Gasteiger partial charge in [0, 0.05) is 11.6 Å². The summed E-state index contributed by atoms with van der Waals surface area (Å²) >= 11 is 1.46. The predicted octanol–water partition coefficient (Wildman–Crippen LogP) is 3.36. The minimum atomic E-state index is -0.645. The fourth-order valence-corrected chi connectivity index (χ4v) is 2.66. The quantitative estimate of drug-likeness (QED) is 0.437. The van der Waals surface area contributed by atoms with E-state index < -0.39 is 4.92 Å². The highest BCUT2D eigenvalue weighted by Crippen LogP contribution is 2.26. The van der Waals surface area contributed by atoms with Crippen LogP contribution in [0.3, 0.4) is 0 Å². The molecule has 0 aliphatic rings. The highest BCUT2D eigenvalue weighted by atomic mass is 32.1. The van der Waals surface area contributed by atoms with E-state index in [4.69, 9.17) is 0 Å². The average Bonchev–Trinajstić information content (AvgIpc) is 2.91. The Morgan fingerprint density at radius 1 is 1.32 bits per heavy atom. The number of hydrazone groups is 1. The third-order valence-electron chi connectivity index (χ3n) is 2.86. The van der Waals surface area contributed by atoms with Crippen molar-refractivity contribution >= 4 is 38.6 Å². The second-order valence-corrected chi connectivity index (χ2v) is 5.39. The van der Waals surface area contributed by atoms with E-state index in [1.807, 2.05) is 24.3 Å². The molecule has 0 aliphatic carbocycles. The molecular weight excluding hydrogens is 304 g/mol. The first-order valence-corrected chi connectivity index (χ1v) is 7.07. The summed E-state index contributed by atoms with van der Waals surface area (Å²) in [5.74, 6) is -0.374. The minimum absolute atomic E-state index is 0.357. The molecule has 8 heteroatoms. The Morgan fingerprint density at radius 3 is 2.91 bits per heavy atom. The molecule has 0 aliphatic heterocycles. The lowest BCUT2D eigenvalue weighted by molar-refractivity contribution is -0.385. The zero-order chi connectivity index (χ0) is 15.5. The van der Waals surface area contributed by atoms with Gasteiger partial charge in [0.15, 0.2) is 5.75 Å². The lowest BCUT2D eigenvalue weighted by atomic mass is 10.2. The normalized spacial score (nSPS) is 11.1. The van der Waals surface area contributed by atoms with E-state index in [0.29, 0.717) is 10.7 Å². The van der Waals surface area contributed by atoms with E-state index in [1.165, 1.54) is 35.8 Å². The van der Waals surface area contributed by atoms with E-state index in [-0.39, 0.29) is 11.4 Å². The Morgan fingerprint density at radius 2 is 2.14 bits per heavy atom. The van der Waals surface area contributed by atoms with E-state index in [9.17, 15) is 15.2 Å². The third-order valence-corrected chi connectivity index (χ3v) is 3.80. The van der Waals surface area contributed by atoms with Crippen LogP contribution < -0.4 is 5.43 Å². The van der Waals surface area contributed by atoms with Crippen molar-refractivity contribution in [3.63, 3.8) is 0 Å². The molecule has 0 unspecified atom stereocenters. The van der Waals surface area contributed by atoms with Gasteiger partial charge in [0.25, 0.3) is 0 Å². The smallest absolute Gasteiger partial charge is 0.311 e. The molecule has 0 amide bonds. The summed E-state index contributed by atoms with van der Waals surface area (Å²) in [6.45, 7) is 0. The van der Waals surface area contributed by atoms with Crippen LogP contribution in [0.15, 0.2) is 47.6 Å². The van der Waals surface area contributed by atoms with E-state index >= 15 is 0 Å². The number of hydrogen-bond donors (Lipinski definition) is 2. The van der Waals surface area contributed by atoms with Crippen molar-refractivity contribution < 1.29 is 10.0 Å². The summed E-state index contributed by atoms with van der Waals surface area (Å²) in [7, 11) is 0. The number of nitro benzene ring substituents is 1. The van der Waals surface area contributed by atoms with Gasteiger partial charge in [0.05, 0.1) is 21.4 Å². The first kappa shape index (κ1) is 14.0. The molecule has 0 bridgehead atoms. The summed E-state index contributed by atoms with van der Waals surface area (Å²) in [5, 5.41) is 24.8. The number of hydrogen-bond acceptors (Lipinski definition) is 7. The number of phenols is 1. The molecule has 0 saturated heterocycles. The second-order valence-electron chi connectivity index (χ2n) is 4.36. The Kier molecular flexibility index (Phi) is 3.67. The van der Waals surface area contributed by atoms with Crippen molar-refractivity contribution in [1.82, 2.24) is 4.98 Å². The fourth-order valence-electron chi connectivity index (χ4n) is 1.85. The number of para-hydroxylation sites is 1. The van der Waals surface area contributed by atoms with E-state index in [0.717, 1.165) is 10.2 Å².